The molecular formula is C24H15BrCl2FNO4. The lowest BCUT2D eigenvalue weighted by atomic mass is 10.1. The number of aliphatic imine (C=N–C) groups is 1. The first-order valence-electron chi connectivity index (χ1n) is 9.57. The van der Waals surface area contributed by atoms with Crippen LogP contribution in [0.15, 0.2) is 69.8 Å². The van der Waals surface area contributed by atoms with Crippen LogP contribution in [0.25, 0.3) is 6.08 Å². The van der Waals surface area contributed by atoms with E-state index in [1.807, 2.05) is 0 Å². The molecule has 0 aliphatic carbocycles. The largest absolute Gasteiger partial charge is 0.493 e. The lowest BCUT2D eigenvalue weighted by Gasteiger charge is -2.13. The third kappa shape index (κ3) is 5.38. The second kappa shape index (κ2) is 9.95. The molecule has 9 heteroatoms. The molecule has 1 aliphatic heterocycles. The van der Waals surface area contributed by atoms with E-state index in [0.717, 1.165) is 5.56 Å². The molecule has 3 aromatic carbocycles. The summed E-state index contributed by atoms with van der Waals surface area (Å²) >= 11 is 15.5. The molecule has 5 nitrogen and oxygen atoms in total. The summed E-state index contributed by atoms with van der Waals surface area (Å²) in [7, 11) is 1.51. The van der Waals surface area contributed by atoms with Crippen molar-refractivity contribution in [1.29, 1.82) is 0 Å². The Bertz CT molecular complexity index is 1290. The number of rotatable bonds is 6. The number of esters is 1. The maximum Gasteiger partial charge on any atom is 0.363 e. The van der Waals surface area contributed by atoms with E-state index in [0.29, 0.717) is 37.1 Å². The smallest absolute Gasteiger partial charge is 0.363 e. The molecule has 0 unspecified atom stereocenters. The number of methoxy groups -OCH3 is 1. The Labute approximate surface area is 207 Å². The normalized spacial score (nSPS) is 14.3. The van der Waals surface area contributed by atoms with Gasteiger partial charge in [0.2, 0.25) is 5.90 Å². The van der Waals surface area contributed by atoms with Gasteiger partial charge in [0.15, 0.2) is 17.2 Å². The van der Waals surface area contributed by atoms with Crippen LogP contribution >= 0.6 is 39.1 Å². The molecule has 3 aromatic rings. The second-order valence-corrected chi connectivity index (χ2v) is 8.58. The summed E-state index contributed by atoms with van der Waals surface area (Å²) in [5.41, 5.74) is 2.09. The van der Waals surface area contributed by atoms with Gasteiger partial charge in [0.1, 0.15) is 12.4 Å². The zero-order valence-electron chi connectivity index (χ0n) is 17.1. The number of benzene rings is 3. The zero-order valence-corrected chi connectivity index (χ0v) is 20.2. The Balaban J connectivity index is 1.59. The van der Waals surface area contributed by atoms with Crippen molar-refractivity contribution < 1.29 is 23.4 Å². The average molecular weight is 551 g/mol. The third-order valence-electron chi connectivity index (χ3n) is 4.64. The zero-order chi connectivity index (χ0) is 23.5. The summed E-state index contributed by atoms with van der Waals surface area (Å²) in [6.07, 6.45) is 1.57. The lowest BCUT2D eigenvalue weighted by Crippen LogP contribution is -2.05. The molecule has 1 heterocycles. The minimum absolute atomic E-state index is 0.116. The average Bonchev–Trinajstić information content (AvgIpc) is 3.15. The van der Waals surface area contributed by atoms with Crippen LogP contribution in [0.2, 0.25) is 10.0 Å². The molecule has 0 saturated heterocycles. The quantitative estimate of drug-likeness (QED) is 0.249. The molecule has 0 aromatic heterocycles. The van der Waals surface area contributed by atoms with Gasteiger partial charge >= 0.3 is 5.97 Å². The molecule has 168 valence electrons. The predicted octanol–water partition coefficient (Wildman–Crippen LogP) is 6.83. The van der Waals surface area contributed by atoms with E-state index >= 15 is 0 Å². The number of nitrogens with zero attached hydrogens (tertiary/aromatic N) is 1. The fourth-order valence-electron chi connectivity index (χ4n) is 3.02. The summed E-state index contributed by atoms with van der Waals surface area (Å²) in [5.74, 6) is 0.138. The summed E-state index contributed by atoms with van der Waals surface area (Å²) in [6, 6.07) is 14.3. The van der Waals surface area contributed by atoms with Crippen molar-refractivity contribution in [3.63, 3.8) is 0 Å². The van der Waals surface area contributed by atoms with Crippen molar-refractivity contribution in [2.75, 3.05) is 7.11 Å². The molecule has 0 atom stereocenters. The van der Waals surface area contributed by atoms with Gasteiger partial charge in [-0.05, 0) is 75.6 Å². The van der Waals surface area contributed by atoms with Gasteiger partial charge < -0.3 is 14.2 Å². The van der Waals surface area contributed by atoms with Gasteiger partial charge in [-0.25, -0.2) is 14.2 Å². The molecule has 0 radical (unpaired) electrons. The van der Waals surface area contributed by atoms with Gasteiger partial charge in [0.05, 0.1) is 21.6 Å². The van der Waals surface area contributed by atoms with Crippen LogP contribution in [0.5, 0.6) is 11.5 Å². The number of cyclic esters (lactones) is 1. The summed E-state index contributed by atoms with van der Waals surface area (Å²) < 4.78 is 30.3. The molecule has 33 heavy (non-hydrogen) atoms. The Morgan fingerprint density at radius 2 is 1.85 bits per heavy atom. The van der Waals surface area contributed by atoms with Crippen molar-refractivity contribution in [2.45, 2.75) is 6.61 Å². The topological polar surface area (TPSA) is 57.1 Å². The van der Waals surface area contributed by atoms with Crippen LogP contribution in [0, 0.1) is 5.82 Å². The summed E-state index contributed by atoms with van der Waals surface area (Å²) in [6.45, 7) is 0.222. The first kappa shape index (κ1) is 23.3. The minimum atomic E-state index is -0.595. The number of carbonyl (C=O) groups excluding carboxylic acids is 1. The highest BCUT2D eigenvalue weighted by Crippen LogP contribution is 2.38. The number of ether oxygens (including phenoxy) is 3. The Morgan fingerprint density at radius 1 is 1.09 bits per heavy atom. The van der Waals surface area contributed by atoms with Crippen molar-refractivity contribution >= 4 is 57.1 Å². The fourth-order valence-corrected chi connectivity index (χ4v) is 3.89. The maximum atomic E-state index is 13.1. The van der Waals surface area contributed by atoms with Crippen LogP contribution in [0.1, 0.15) is 16.7 Å². The summed E-state index contributed by atoms with van der Waals surface area (Å²) in [4.78, 5) is 16.6. The highest BCUT2D eigenvalue weighted by atomic mass is 79.9. The Morgan fingerprint density at radius 3 is 2.55 bits per heavy atom. The maximum absolute atomic E-state index is 13.1. The number of hydrogen-bond acceptors (Lipinski definition) is 5. The highest BCUT2D eigenvalue weighted by molar-refractivity contribution is 9.10. The predicted molar refractivity (Wildman–Crippen MR) is 128 cm³/mol. The van der Waals surface area contributed by atoms with E-state index in [-0.39, 0.29) is 24.0 Å². The number of carbonyl (C=O) groups is 1. The minimum Gasteiger partial charge on any atom is -0.493 e. The van der Waals surface area contributed by atoms with E-state index in [1.165, 1.54) is 19.2 Å². The van der Waals surface area contributed by atoms with Gasteiger partial charge in [0, 0.05) is 5.56 Å². The van der Waals surface area contributed by atoms with Crippen LogP contribution in [-0.2, 0) is 16.1 Å². The van der Waals surface area contributed by atoms with Crippen molar-refractivity contribution in [1.82, 2.24) is 0 Å². The molecule has 1 aliphatic rings. The molecule has 4 rings (SSSR count). The van der Waals surface area contributed by atoms with Crippen LogP contribution < -0.4 is 9.47 Å². The molecule has 0 bridgehead atoms. The van der Waals surface area contributed by atoms with Crippen LogP contribution in [0.4, 0.5) is 4.39 Å². The van der Waals surface area contributed by atoms with E-state index in [4.69, 9.17) is 37.4 Å². The van der Waals surface area contributed by atoms with Gasteiger partial charge in [-0.2, -0.15) is 0 Å². The van der Waals surface area contributed by atoms with Gasteiger partial charge in [0.25, 0.3) is 0 Å². The van der Waals surface area contributed by atoms with Crippen molar-refractivity contribution in [3.05, 3.63) is 97.3 Å². The van der Waals surface area contributed by atoms with E-state index in [2.05, 4.69) is 20.9 Å². The fraction of sp³-hybridized carbons (Fsp3) is 0.0833. The van der Waals surface area contributed by atoms with E-state index in [1.54, 1.807) is 48.5 Å². The first-order chi connectivity index (χ1) is 15.8. The Hall–Kier alpha value is -2.87. The van der Waals surface area contributed by atoms with E-state index in [9.17, 15) is 9.18 Å². The SMILES string of the molecule is COc1cc(/C=C2\N=C(c3ccc(Cl)c(Cl)c3)OC2=O)cc(Br)c1OCc1ccc(F)cc1. The van der Waals surface area contributed by atoms with Gasteiger partial charge in [-0.3, -0.25) is 0 Å². The number of hydrogen-bond donors (Lipinski definition) is 0. The third-order valence-corrected chi connectivity index (χ3v) is 5.97. The number of halogens is 4. The lowest BCUT2D eigenvalue weighted by molar-refractivity contribution is -0.129. The van der Waals surface area contributed by atoms with Gasteiger partial charge in [-0.1, -0.05) is 35.3 Å². The van der Waals surface area contributed by atoms with Crippen LogP contribution in [0.3, 0.4) is 0 Å². The van der Waals surface area contributed by atoms with E-state index < -0.39 is 5.97 Å². The Kier molecular flexibility index (Phi) is 7.02. The molecular weight excluding hydrogens is 536 g/mol. The molecule has 0 amide bonds. The van der Waals surface area contributed by atoms with Crippen molar-refractivity contribution in [3.8, 4) is 11.5 Å². The first-order valence-corrected chi connectivity index (χ1v) is 11.1. The standard InChI is InChI=1S/C24H15BrCl2FNO4/c1-31-21-10-14(8-17(25)22(21)32-12-13-2-5-16(28)6-3-13)9-20-24(30)33-23(29-20)15-4-7-18(26)19(27)11-15/h2-11H,12H2,1H3/b20-9-. The monoisotopic (exact) mass is 549 g/mol. The van der Waals surface area contributed by atoms with Crippen molar-refractivity contribution in [2.24, 2.45) is 4.99 Å². The van der Waals surface area contributed by atoms with Gasteiger partial charge in [-0.15, -0.1) is 0 Å². The highest BCUT2D eigenvalue weighted by Gasteiger charge is 2.25. The molecule has 0 saturated carbocycles. The van der Waals surface area contributed by atoms with Crippen LogP contribution in [-0.4, -0.2) is 19.0 Å². The summed E-state index contributed by atoms with van der Waals surface area (Å²) in [5, 5.41) is 0.718. The molecule has 0 fully saturated rings. The second-order valence-electron chi connectivity index (χ2n) is 6.91. The molecule has 0 N–H and O–H groups in total. The molecule has 0 spiro atoms.